The number of aromatic nitrogens is 2. The average molecular weight is 276 g/mol. The number of benzene rings is 1. The third-order valence-corrected chi connectivity index (χ3v) is 2.70. The normalized spacial score (nSPS) is 10.3. The Bertz CT molecular complexity index is 609. The molecular weight excluding hydrogens is 260 g/mol. The number of methoxy groups -OCH3 is 1. The lowest BCUT2D eigenvalue weighted by Crippen LogP contribution is -2.26. The molecular formula is C13H16N4O3. The number of anilines is 1. The van der Waals surface area contributed by atoms with Gasteiger partial charge in [0.1, 0.15) is 0 Å². The zero-order valence-electron chi connectivity index (χ0n) is 11.3. The van der Waals surface area contributed by atoms with Gasteiger partial charge in [-0.2, -0.15) is 4.98 Å². The molecule has 3 N–H and O–H groups in total. The molecule has 0 fully saturated rings. The number of aryl methyl sites for hydroxylation is 1. The van der Waals surface area contributed by atoms with Gasteiger partial charge in [0.2, 0.25) is 5.89 Å². The highest BCUT2D eigenvalue weighted by atomic mass is 16.5. The summed E-state index contributed by atoms with van der Waals surface area (Å²) in [6.45, 7) is 2.11. The van der Waals surface area contributed by atoms with Gasteiger partial charge in [0, 0.05) is 19.9 Å². The summed E-state index contributed by atoms with van der Waals surface area (Å²) < 4.78 is 9.99. The number of hydrogen-bond donors (Lipinski definition) is 2. The van der Waals surface area contributed by atoms with Gasteiger partial charge in [-0.05, 0) is 12.1 Å². The van der Waals surface area contributed by atoms with Crippen LogP contribution in [0.5, 0.6) is 5.75 Å². The third kappa shape index (κ3) is 3.05. The van der Waals surface area contributed by atoms with Crippen molar-refractivity contribution in [1.29, 1.82) is 0 Å². The fourth-order valence-electron chi connectivity index (χ4n) is 1.79. The lowest BCUT2D eigenvalue weighted by molar-refractivity contribution is 0.0951. The van der Waals surface area contributed by atoms with Gasteiger partial charge in [-0.25, -0.2) is 0 Å². The van der Waals surface area contributed by atoms with Crippen LogP contribution in [-0.4, -0.2) is 29.7 Å². The Hall–Kier alpha value is -2.57. The molecule has 7 nitrogen and oxygen atoms in total. The van der Waals surface area contributed by atoms with E-state index in [-0.39, 0.29) is 5.91 Å². The van der Waals surface area contributed by atoms with Crippen LogP contribution in [0.25, 0.3) is 0 Å². The molecule has 0 aliphatic carbocycles. The Labute approximate surface area is 116 Å². The Kier molecular flexibility index (Phi) is 4.19. The first kappa shape index (κ1) is 13.9. The van der Waals surface area contributed by atoms with Crippen LogP contribution in [0.2, 0.25) is 0 Å². The predicted octanol–water partition coefficient (Wildman–Crippen LogP) is 0.941. The molecule has 1 aromatic carbocycles. The van der Waals surface area contributed by atoms with Crippen LogP contribution >= 0.6 is 0 Å². The van der Waals surface area contributed by atoms with Gasteiger partial charge < -0.3 is 20.3 Å². The number of ether oxygens (including phenoxy) is 1. The second kappa shape index (κ2) is 6.05. The maximum atomic E-state index is 12.1. The number of nitrogens with two attached hydrogens (primary N) is 1. The number of carbonyl (C=O) groups excluding carboxylic acids is 1. The van der Waals surface area contributed by atoms with Crippen molar-refractivity contribution in [3.05, 3.63) is 35.5 Å². The lowest BCUT2D eigenvalue weighted by atomic mass is 10.1. The number of carbonyl (C=O) groups is 1. The van der Waals surface area contributed by atoms with Gasteiger partial charge in [0.15, 0.2) is 11.6 Å². The van der Waals surface area contributed by atoms with E-state index >= 15 is 0 Å². The van der Waals surface area contributed by atoms with Crippen molar-refractivity contribution in [2.45, 2.75) is 13.3 Å². The molecule has 106 valence electrons. The van der Waals surface area contributed by atoms with Crippen LogP contribution < -0.4 is 15.8 Å². The number of hydrogen-bond acceptors (Lipinski definition) is 6. The molecule has 1 aromatic heterocycles. The molecule has 1 heterocycles. The highest BCUT2D eigenvalue weighted by Gasteiger charge is 2.14. The van der Waals surface area contributed by atoms with Crippen molar-refractivity contribution < 1.29 is 14.1 Å². The molecule has 0 aliphatic heterocycles. The molecule has 1 amide bonds. The average Bonchev–Trinajstić information content (AvgIpc) is 2.84. The smallest absolute Gasteiger partial charge is 0.255 e. The Morgan fingerprint density at radius 1 is 1.50 bits per heavy atom. The molecule has 0 radical (unpaired) electrons. The summed E-state index contributed by atoms with van der Waals surface area (Å²) in [5.74, 6) is 1.18. The topological polar surface area (TPSA) is 103 Å². The molecule has 0 bridgehead atoms. The SMILES string of the molecule is COc1c(N)cccc1C(=O)NCCc1noc(C)n1. The van der Waals surface area contributed by atoms with Crippen LogP contribution in [0.3, 0.4) is 0 Å². The van der Waals surface area contributed by atoms with Crippen molar-refractivity contribution >= 4 is 11.6 Å². The Morgan fingerprint density at radius 2 is 2.30 bits per heavy atom. The quantitative estimate of drug-likeness (QED) is 0.788. The molecule has 0 unspecified atom stereocenters. The van der Waals surface area contributed by atoms with E-state index in [1.165, 1.54) is 7.11 Å². The minimum Gasteiger partial charge on any atom is -0.494 e. The number of nitrogens with one attached hydrogen (secondary N) is 1. The van der Waals surface area contributed by atoms with Gasteiger partial charge in [0.05, 0.1) is 18.4 Å². The number of amides is 1. The van der Waals surface area contributed by atoms with E-state index in [2.05, 4.69) is 15.5 Å². The minimum absolute atomic E-state index is 0.255. The molecule has 0 saturated carbocycles. The Balaban J connectivity index is 1.97. The second-order valence-corrected chi connectivity index (χ2v) is 4.16. The fraction of sp³-hybridized carbons (Fsp3) is 0.308. The summed E-state index contributed by atoms with van der Waals surface area (Å²) in [5, 5.41) is 6.51. The lowest BCUT2D eigenvalue weighted by Gasteiger charge is -2.10. The van der Waals surface area contributed by atoms with E-state index in [4.69, 9.17) is 15.0 Å². The van der Waals surface area contributed by atoms with Gasteiger partial charge >= 0.3 is 0 Å². The summed E-state index contributed by atoms with van der Waals surface area (Å²) in [6, 6.07) is 5.04. The first-order chi connectivity index (χ1) is 9.61. The maximum Gasteiger partial charge on any atom is 0.255 e. The van der Waals surface area contributed by atoms with Crippen molar-refractivity contribution in [2.75, 3.05) is 19.4 Å². The number of rotatable bonds is 5. The minimum atomic E-state index is -0.255. The number of para-hydroxylation sites is 1. The first-order valence-corrected chi connectivity index (χ1v) is 6.11. The van der Waals surface area contributed by atoms with E-state index in [0.29, 0.717) is 41.7 Å². The van der Waals surface area contributed by atoms with Crippen LogP contribution in [0.1, 0.15) is 22.1 Å². The zero-order valence-corrected chi connectivity index (χ0v) is 11.3. The highest BCUT2D eigenvalue weighted by Crippen LogP contribution is 2.25. The summed E-state index contributed by atoms with van der Waals surface area (Å²) in [7, 11) is 1.48. The summed E-state index contributed by atoms with van der Waals surface area (Å²) in [5.41, 5.74) is 6.58. The van der Waals surface area contributed by atoms with E-state index in [0.717, 1.165) is 0 Å². The zero-order chi connectivity index (χ0) is 14.5. The predicted molar refractivity (Wildman–Crippen MR) is 72.5 cm³/mol. The standard InChI is InChI=1S/C13H16N4O3/c1-8-16-11(17-20-8)6-7-15-13(18)9-4-3-5-10(14)12(9)19-2/h3-5H,6-7,14H2,1-2H3,(H,15,18). The molecule has 2 rings (SSSR count). The first-order valence-electron chi connectivity index (χ1n) is 6.11. The van der Waals surface area contributed by atoms with Crippen LogP contribution in [0, 0.1) is 6.92 Å². The summed E-state index contributed by atoms with van der Waals surface area (Å²) >= 11 is 0. The van der Waals surface area contributed by atoms with E-state index in [9.17, 15) is 4.79 Å². The molecule has 0 aliphatic rings. The van der Waals surface area contributed by atoms with E-state index in [1.807, 2.05) is 0 Å². The van der Waals surface area contributed by atoms with Gasteiger partial charge in [0.25, 0.3) is 5.91 Å². The largest absolute Gasteiger partial charge is 0.494 e. The Morgan fingerprint density at radius 3 is 2.95 bits per heavy atom. The maximum absolute atomic E-state index is 12.1. The fourth-order valence-corrected chi connectivity index (χ4v) is 1.79. The molecule has 0 atom stereocenters. The molecule has 2 aromatic rings. The van der Waals surface area contributed by atoms with Crippen molar-refractivity contribution in [3.8, 4) is 5.75 Å². The van der Waals surface area contributed by atoms with Crippen molar-refractivity contribution in [1.82, 2.24) is 15.5 Å². The molecule has 20 heavy (non-hydrogen) atoms. The molecule has 7 heteroatoms. The second-order valence-electron chi connectivity index (χ2n) is 4.16. The molecule has 0 spiro atoms. The van der Waals surface area contributed by atoms with Gasteiger partial charge in [-0.1, -0.05) is 11.2 Å². The monoisotopic (exact) mass is 276 g/mol. The van der Waals surface area contributed by atoms with Crippen molar-refractivity contribution in [2.24, 2.45) is 0 Å². The number of nitrogen functional groups attached to an aromatic ring is 1. The highest BCUT2D eigenvalue weighted by molar-refractivity contribution is 5.98. The summed E-state index contributed by atoms with van der Waals surface area (Å²) in [4.78, 5) is 16.1. The number of nitrogens with zero attached hydrogens (tertiary/aromatic N) is 2. The van der Waals surface area contributed by atoms with Gasteiger partial charge in [-0.3, -0.25) is 4.79 Å². The third-order valence-electron chi connectivity index (χ3n) is 2.70. The summed E-state index contributed by atoms with van der Waals surface area (Å²) in [6.07, 6.45) is 0.494. The van der Waals surface area contributed by atoms with E-state index in [1.54, 1.807) is 25.1 Å². The van der Waals surface area contributed by atoms with Crippen LogP contribution in [0.4, 0.5) is 5.69 Å². The van der Waals surface area contributed by atoms with Crippen LogP contribution in [0.15, 0.2) is 22.7 Å². The molecule has 0 saturated heterocycles. The van der Waals surface area contributed by atoms with Gasteiger partial charge in [-0.15, -0.1) is 0 Å². The van der Waals surface area contributed by atoms with Crippen LogP contribution in [-0.2, 0) is 6.42 Å². The van der Waals surface area contributed by atoms with E-state index < -0.39 is 0 Å². The van der Waals surface area contributed by atoms with Crippen molar-refractivity contribution in [3.63, 3.8) is 0 Å².